The van der Waals surface area contributed by atoms with Crippen LogP contribution in [0.15, 0.2) is 48.9 Å². The van der Waals surface area contributed by atoms with Crippen molar-refractivity contribution in [3.8, 4) is 28.4 Å². The molecular weight excluding hydrogens is 408 g/mol. The van der Waals surface area contributed by atoms with Crippen LogP contribution in [0.2, 0.25) is 0 Å². The van der Waals surface area contributed by atoms with E-state index in [0.717, 1.165) is 28.7 Å². The molecule has 0 aliphatic heterocycles. The minimum Gasteiger partial charge on any atom is -0.478 e. The van der Waals surface area contributed by atoms with Gasteiger partial charge in [0.25, 0.3) is 0 Å². The molecule has 1 aliphatic carbocycles. The summed E-state index contributed by atoms with van der Waals surface area (Å²) in [5.74, 6) is 1.16. The number of tetrazole rings is 1. The molecule has 5 rings (SSSR count). The van der Waals surface area contributed by atoms with Gasteiger partial charge in [-0.05, 0) is 53.8 Å². The summed E-state index contributed by atoms with van der Waals surface area (Å²) in [6.45, 7) is 2.47. The number of benzene rings is 1. The summed E-state index contributed by atoms with van der Waals surface area (Å²) in [6, 6.07) is 9.40. The Morgan fingerprint density at radius 1 is 1.25 bits per heavy atom. The molecule has 2 atom stereocenters. The quantitative estimate of drug-likeness (QED) is 0.462. The monoisotopic (exact) mass is 430 g/mol. The van der Waals surface area contributed by atoms with Crippen LogP contribution in [0.4, 0.5) is 5.69 Å². The van der Waals surface area contributed by atoms with Gasteiger partial charge in [-0.3, -0.25) is 9.48 Å². The molecule has 0 saturated heterocycles. The predicted octanol–water partition coefficient (Wildman–Crippen LogP) is 2.80. The first-order valence-corrected chi connectivity index (χ1v) is 10.4. The second-order valence-electron chi connectivity index (χ2n) is 7.70. The molecule has 0 bridgehead atoms. The second kappa shape index (κ2) is 8.22. The Hall–Kier alpha value is -4.08. The lowest BCUT2D eigenvalue weighted by atomic mass is 9.99. The summed E-state index contributed by atoms with van der Waals surface area (Å²) in [4.78, 5) is 17.2. The molecule has 1 fully saturated rings. The number of pyridine rings is 1. The van der Waals surface area contributed by atoms with E-state index >= 15 is 0 Å². The summed E-state index contributed by atoms with van der Waals surface area (Å²) in [5, 5.41) is 21.6. The van der Waals surface area contributed by atoms with Gasteiger partial charge < -0.3 is 10.1 Å². The predicted molar refractivity (Wildman–Crippen MR) is 117 cm³/mol. The molecule has 0 radical (unpaired) electrons. The number of nitrogens with zero attached hydrogens (tertiary/aromatic N) is 6. The number of H-pyrrole nitrogens is 1. The molecule has 1 saturated carbocycles. The lowest BCUT2D eigenvalue weighted by molar-refractivity contribution is -0.117. The van der Waals surface area contributed by atoms with Crippen molar-refractivity contribution in [1.29, 1.82) is 0 Å². The average Bonchev–Trinajstić information content (AvgIpc) is 3.18. The number of hydrogen-bond acceptors (Lipinski definition) is 7. The number of nitrogens with one attached hydrogen (secondary N) is 2. The Kier molecular flexibility index (Phi) is 5.10. The molecule has 10 heteroatoms. The van der Waals surface area contributed by atoms with Crippen LogP contribution in [-0.4, -0.2) is 47.9 Å². The Labute approximate surface area is 184 Å². The van der Waals surface area contributed by atoms with Gasteiger partial charge in [0.2, 0.25) is 17.6 Å². The number of carbonyl (C=O) groups excluding carboxylic acids is 1. The highest BCUT2D eigenvalue weighted by Crippen LogP contribution is 2.48. The summed E-state index contributed by atoms with van der Waals surface area (Å²) >= 11 is 0. The van der Waals surface area contributed by atoms with E-state index in [1.807, 2.05) is 56.7 Å². The molecular formula is C22H22N8O2. The number of hydrogen-bond donors (Lipinski definition) is 2. The third-order valence-corrected chi connectivity index (χ3v) is 5.49. The van der Waals surface area contributed by atoms with E-state index in [2.05, 4.69) is 36.0 Å². The molecule has 1 amide bonds. The maximum atomic E-state index is 12.8. The van der Waals surface area contributed by atoms with Crippen molar-refractivity contribution in [3.63, 3.8) is 0 Å². The van der Waals surface area contributed by atoms with E-state index in [-0.39, 0.29) is 17.7 Å². The van der Waals surface area contributed by atoms with Crippen molar-refractivity contribution in [2.24, 2.45) is 13.0 Å². The van der Waals surface area contributed by atoms with Crippen molar-refractivity contribution in [1.82, 2.24) is 35.4 Å². The Balaban J connectivity index is 1.39. The maximum Gasteiger partial charge on any atom is 0.228 e. The van der Waals surface area contributed by atoms with Gasteiger partial charge in [-0.15, -0.1) is 10.2 Å². The zero-order valence-corrected chi connectivity index (χ0v) is 17.7. The number of aryl methyl sites for hydroxylation is 1. The van der Waals surface area contributed by atoms with Crippen LogP contribution in [0.1, 0.15) is 24.8 Å². The third kappa shape index (κ3) is 3.94. The normalized spacial score (nSPS) is 17.2. The van der Waals surface area contributed by atoms with E-state index < -0.39 is 0 Å². The van der Waals surface area contributed by atoms with E-state index in [1.54, 1.807) is 10.9 Å². The smallest absolute Gasteiger partial charge is 0.228 e. The number of ether oxygens (including phenoxy) is 1. The van der Waals surface area contributed by atoms with Crippen LogP contribution in [0, 0.1) is 5.92 Å². The van der Waals surface area contributed by atoms with Gasteiger partial charge in [0, 0.05) is 48.2 Å². The minimum absolute atomic E-state index is 0.00611. The van der Waals surface area contributed by atoms with Gasteiger partial charge in [-0.2, -0.15) is 10.3 Å². The topological polar surface area (TPSA) is 124 Å². The van der Waals surface area contributed by atoms with Gasteiger partial charge in [0.1, 0.15) is 0 Å². The number of carbonyl (C=O) groups is 1. The van der Waals surface area contributed by atoms with E-state index in [9.17, 15) is 4.79 Å². The van der Waals surface area contributed by atoms with Crippen LogP contribution >= 0.6 is 0 Å². The van der Waals surface area contributed by atoms with Crippen LogP contribution in [0.25, 0.3) is 22.5 Å². The SMILES string of the molecule is CCOc1ccc(-c2ccc(NC(=O)C3CC3c3cnn(C)c3)cc2-c2nn[nH]n2)cn1. The van der Waals surface area contributed by atoms with E-state index in [4.69, 9.17) is 4.74 Å². The van der Waals surface area contributed by atoms with Crippen LogP contribution in [-0.2, 0) is 11.8 Å². The minimum atomic E-state index is -0.0530. The lowest BCUT2D eigenvalue weighted by Crippen LogP contribution is -2.14. The molecule has 0 spiro atoms. The van der Waals surface area contributed by atoms with Gasteiger partial charge in [-0.1, -0.05) is 6.07 Å². The highest BCUT2D eigenvalue weighted by molar-refractivity contribution is 5.96. The standard InChI is InChI=1S/C22H22N8O2/c1-3-32-20-7-4-13(10-23-20)16-6-5-15(8-18(16)21-26-28-29-27-21)25-22(31)19-9-17(19)14-11-24-30(2)12-14/h4-8,10-12,17,19H,3,9H2,1-2H3,(H,25,31)(H,26,27,28,29). The van der Waals surface area contributed by atoms with Gasteiger partial charge in [-0.25, -0.2) is 4.98 Å². The molecule has 2 unspecified atom stereocenters. The summed E-state index contributed by atoms with van der Waals surface area (Å²) in [5.41, 5.74) is 4.26. The fraction of sp³-hybridized carbons (Fsp3) is 0.273. The van der Waals surface area contributed by atoms with Crippen LogP contribution < -0.4 is 10.1 Å². The van der Waals surface area contributed by atoms with Crippen molar-refractivity contribution in [3.05, 3.63) is 54.5 Å². The fourth-order valence-electron chi connectivity index (χ4n) is 3.83. The van der Waals surface area contributed by atoms with Gasteiger partial charge in [0.15, 0.2) is 0 Å². The third-order valence-electron chi connectivity index (χ3n) is 5.49. The first kappa shape index (κ1) is 19.9. The van der Waals surface area contributed by atoms with Gasteiger partial charge >= 0.3 is 0 Å². The Morgan fingerprint density at radius 3 is 2.84 bits per heavy atom. The van der Waals surface area contributed by atoms with Crippen LogP contribution in [0.3, 0.4) is 0 Å². The fourth-order valence-corrected chi connectivity index (χ4v) is 3.83. The van der Waals surface area contributed by atoms with Crippen molar-refractivity contribution >= 4 is 11.6 Å². The molecule has 3 aromatic heterocycles. The summed E-state index contributed by atoms with van der Waals surface area (Å²) in [6.07, 6.45) is 6.36. The highest BCUT2D eigenvalue weighted by Gasteiger charge is 2.44. The molecule has 162 valence electrons. The Morgan fingerprint density at radius 2 is 2.16 bits per heavy atom. The number of aromatic nitrogens is 7. The molecule has 1 aliphatic rings. The number of anilines is 1. The first-order chi connectivity index (χ1) is 15.6. The number of aromatic amines is 1. The van der Waals surface area contributed by atoms with Crippen molar-refractivity contribution in [2.45, 2.75) is 19.3 Å². The van der Waals surface area contributed by atoms with Gasteiger partial charge in [0.05, 0.1) is 12.8 Å². The summed E-state index contributed by atoms with van der Waals surface area (Å²) < 4.78 is 7.19. The highest BCUT2D eigenvalue weighted by atomic mass is 16.5. The zero-order valence-electron chi connectivity index (χ0n) is 17.7. The molecule has 3 heterocycles. The van der Waals surface area contributed by atoms with Crippen molar-refractivity contribution < 1.29 is 9.53 Å². The van der Waals surface area contributed by atoms with E-state index in [1.165, 1.54) is 0 Å². The molecule has 4 aromatic rings. The second-order valence-corrected chi connectivity index (χ2v) is 7.70. The molecule has 1 aromatic carbocycles. The number of amides is 1. The lowest BCUT2D eigenvalue weighted by Gasteiger charge is -2.11. The zero-order chi connectivity index (χ0) is 22.1. The average molecular weight is 430 g/mol. The molecule has 32 heavy (non-hydrogen) atoms. The molecule has 2 N–H and O–H groups in total. The first-order valence-electron chi connectivity index (χ1n) is 10.4. The van der Waals surface area contributed by atoms with Crippen LogP contribution in [0.5, 0.6) is 5.88 Å². The summed E-state index contributed by atoms with van der Waals surface area (Å²) in [7, 11) is 1.88. The van der Waals surface area contributed by atoms with E-state index in [0.29, 0.717) is 24.0 Å². The van der Waals surface area contributed by atoms with Crippen molar-refractivity contribution in [2.75, 3.05) is 11.9 Å². The molecule has 10 nitrogen and oxygen atoms in total. The maximum absolute atomic E-state index is 12.8. The largest absolute Gasteiger partial charge is 0.478 e. The number of rotatable bonds is 7. The Bertz CT molecular complexity index is 1230.